The van der Waals surface area contributed by atoms with Crippen molar-refractivity contribution >= 4 is 17.2 Å². The molecule has 0 aliphatic carbocycles. The van der Waals surface area contributed by atoms with Crippen molar-refractivity contribution in [2.24, 2.45) is 0 Å². The van der Waals surface area contributed by atoms with Gasteiger partial charge in [-0.05, 0) is 13.0 Å². The van der Waals surface area contributed by atoms with Crippen LogP contribution >= 0.6 is 11.3 Å². The van der Waals surface area contributed by atoms with Gasteiger partial charge in [0.2, 0.25) is 0 Å². The number of likely N-dealkylation sites (tertiary alicyclic amines) is 1. The minimum absolute atomic E-state index is 0.0134. The number of aryl methyl sites for hydroxylation is 1. The largest absolute Gasteiger partial charge is 0.333 e. The first-order valence-corrected chi connectivity index (χ1v) is 7.94. The summed E-state index contributed by atoms with van der Waals surface area (Å²) in [6, 6.07) is 2.22. The first-order valence-electron chi connectivity index (χ1n) is 7.12. The highest BCUT2D eigenvalue weighted by Crippen LogP contribution is 2.31. The predicted octanol–water partition coefficient (Wildman–Crippen LogP) is 2.64. The number of hydrogen-bond acceptors (Lipinski definition) is 4. The number of rotatable bonds is 2. The minimum atomic E-state index is -0.0134. The van der Waals surface area contributed by atoms with Gasteiger partial charge < -0.3 is 4.90 Å². The Labute approximate surface area is 128 Å². The Morgan fingerprint density at radius 1 is 1.38 bits per heavy atom. The van der Waals surface area contributed by atoms with Crippen molar-refractivity contribution in [1.29, 1.82) is 0 Å². The summed E-state index contributed by atoms with van der Waals surface area (Å²) in [6.45, 7) is 9.74. The lowest BCUT2D eigenvalue weighted by molar-refractivity contribution is 0.0505. The fourth-order valence-electron chi connectivity index (χ4n) is 2.34. The molecule has 0 spiro atoms. The molecule has 2 aromatic heterocycles. The lowest BCUT2D eigenvalue weighted by atomic mass is 9.98. The quantitative estimate of drug-likeness (QED) is 0.857. The molecule has 112 valence electrons. The van der Waals surface area contributed by atoms with Crippen molar-refractivity contribution in [3.8, 4) is 0 Å². The lowest BCUT2D eigenvalue weighted by Gasteiger charge is -2.38. The van der Waals surface area contributed by atoms with E-state index in [0.29, 0.717) is 6.04 Å². The summed E-state index contributed by atoms with van der Waals surface area (Å²) in [5, 5.41) is 5.25. The number of carbonyl (C=O) groups excluding carboxylic acids is 1. The SMILES string of the molecule is Cc1nc(C(C)(C)C)sc1C(=O)N1CC(n2cccn2)C1. The molecule has 0 saturated carbocycles. The molecule has 6 heteroatoms. The maximum atomic E-state index is 12.6. The second kappa shape index (κ2) is 4.94. The summed E-state index contributed by atoms with van der Waals surface area (Å²) < 4.78 is 1.92. The van der Waals surface area contributed by atoms with Gasteiger partial charge in [-0.3, -0.25) is 9.48 Å². The predicted molar refractivity (Wildman–Crippen MR) is 82.7 cm³/mol. The van der Waals surface area contributed by atoms with Gasteiger partial charge in [-0.25, -0.2) is 4.98 Å². The van der Waals surface area contributed by atoms with Gasteiger partial charge in [0.05, 0.1) is 16.7 Å². The summed E-state index contributed by atoms with van der Waals surface area (Å²) in [4.78, 5) is 19.8. The number of thiazole rings is 1. The fourth-order valence-corrected chi connectivity index (χ4v) is 3.44. The molecular weight excluding hydrogens is 284 g/mol. The Morgan fingerprint density at radius 3 is 2.62 bits per heavy atom. The van der Waals surface area contributed by atoms with E-state index in [1.54, 1.807) is 6.20 Å². The molecule has 1 saturated heterocycles. The molecule has 5 nitrogen and oxygen atoms in total. The van der Waals surface area contributed by atoms with E-state index in [-0.39, 0.29) is 11.3 Å². The molecule has 2 aromatic rings. The Bertz CT molecular complexity index is 648. The highest BCUT2D eigenvalue weighted by atomic mass is 32.1. The first kappa shape index (κ1) is 14.3. The highest BCUT2D eigenvalue weighted by molar-refractivity contribution is 7.14. The van der Waals surface area contributed by atoms with Crippen LogP contribution in [0.25, 0.3) is 0 Å². The molecule has 0 radical (unpaired) electrons. The molecule has 0 aromatic carbocycles. The van der Waals surface area contributed by atoms with E-state index < -0.39 is 0 Å². The zero-order valence-corrected chi connectivity index (χ0v) is 13.6. The van der Waals surface area contributed by atoms with E-state index in [0.717, 1.165) is 28.7 Å². The van der Waals surface area contributed by atoms with Crippen LogP contribution in [0.1, 0.15) is 47.2 Å². The van der Waals surface area contributed by atoms with Crippen LogP contribution in [0.4, 0.5) is 0 Å². The highest BCUT2D eigenvalue weighted by Gasteiger charge is 2.35. The lowest BCUT2D eigenvalue weighted by Crippen LogP contribution is -2.50. The summed E-state index contributed by atoms with van der Waals surface area (Å²) in [6.07, 6.45) is 3.72. The molecule has 21 heavy (non-hydrogen) atoms. The van der Waals surface area contributed by atoms with E-state index in [2.05, 4.69) is 30.9 Å². The monoisotopic (exact) mass is 304 g/mol. The number of aromatic nitrogens is 3. The van der Waals surface area contributed by atoms with Gasteiger partial charge in [-0.2, -0.15) is 5.10 Å². The van der Waals surface area contributed by atoms with Gasteiger partial charge in [0, 0.05) is 30.9 Å². The van der Waals surface area contributed by atoms with Crippen molar-refractivity contribution in [1.82, 2.24) is 19.7 Å². The van der Waals surface area contributed by atoms with Crippen LogP contribution in [-0.2, 0) is 5.41 Å². The summed E-state index contributed by atoms with van der Waals surface area (Å²) in [5.74, 6) is 0.101. The van der Waals surface area contributed by atoms with E-state index in [1.807, 2.05) is 28.8 Å². The molecule has 1 fully saturated rings. The average molecular weight is 304 g/mol. The third-order valence-electron chi connectivity index (χ3n) is 3.68. The molecule has 1 amide bonds. The van der Waals surface area contributed by atoms with Gasteiger partial charge >= 0.3 is 0 Å². The van der Waals surface area contributed by atoms with Crippen LogP contribution in [-0.4, -0.2) is 38.7 Å². The molecule has 0 atom stereocenters. The van der Waals surface area contributed by atoms with Crippen molar-refractivity contribution in [3.05, 3.63) is 34.0 Å². The zero-order chi connectivity index (χ0) is 15.2. The van der Waals surface area contributed by atoms with E-state index in [1.165, 1.54) is 11.3 Å². The van der Waals surface area contributed by atoms with Gasteiger partial charge in [0.1, 0.15) is 4.88 Å². The normalized spacial score (nSPS) is 16.1. The molecular formula is C15H20N4OS. The van der Waals surface area contributed by atoms with Crippen molar-refractivity contribution in [2.45, 2.75) is 39.2 Å². The van der Waals surface area contributed by atoms with Gasteiger partial charge in [-0.1, -0.05) is 20.8 Å². The molecule has 3 rings (SSSR count). The third kappa shape index (κ3) is 2.60. The van der Waals surface area contributed by atoms with E-state index in [4.69, 9.17) is 0 Å². The van der Waals surface area contributed by atoms with Gasteiger partial charge in [0.15, 0.2) is 0 Å². The molecule has 1 aliphatic heterocycles. The van der Waals surface area contributed by atoms with Crippen molar-refractivity contribution in [2.75, 3.05) is 13.1 Å². The Balaban J connectivity index is 1.71. The first-order chi connectivity index (χ1) is 9.86. The fraction of sp³-hybridized carbons (Fsp3) is 0.533. The molecule has 0 N–H and O–H groups in total. The van der Waals surface area contributed by atoms with Crippen LogP contribution in [0.15, 0.2) is 18.5 Å². The van der Waals surface area contributed by atoms with Gasteiger partial charge in [0.25, 0.3) is 5.91 Å². The van der Waals surface area contributed by atoms with Crippen LogP contribution < -0.4 is 0 Å². The average Bonchev–Trinajstić information content (AvgIpc) is 2.95. The van der Waals surface area contributed by atoms with Crippen LogP contribution in [0.3, 0.4) is 0 Å². The molecule has 3 heterocycles. The maximum absolute atomic E-state index is 12.6. The van der Waals surface area contributed by atoms with Crippen LogP contribution in [0.5, 0.6) is 0 Å². The Hall–Kier alpha value is -1.69. The topological polar surface area (TPSA) is 51.0 Å². The molecule has 0 unspecified atom stereocenters. The molecule has 1 aliphatic rings. The Kier molecular flexibility index (Phi) is 3.36. The number of nitrogens with zero attached hydrogens (tertiary/aromatic N) is 4. The van der Waals surface area contributed by atoms with Crippen LogP contribution in [0.2, 0.25) is 0 Å². The van der Waals surface area contributed by atoms with Crippen molar-refractivity contribution in [3.63, 3.8) is 0 Å². The Morgan fingerprint density at radius 2 is 2.10 bits per heavy atom. The number of amides is 1. The smallest absolute Gasteiger partial charge is 0.266 e. The van der Waals surface area contributed by atoms with E-state index in [9.17, 15) is 4.79 Å². The van der Waals surface area contributed by atoms with Gasteiger partial charge in [-0.15, -0.1) is 11.3 Å². The number of carbonyl (C=O) groups is 1. The summed E-state index contributed by atoms with van der Waals surface area (Å²) >= 11 is 1.53. The third-order valence-corrected chi connectivity index (χ3v) is 5.25. The second-order valence-corrected chi connectivity index (χ2v) is 7.53. The number of hydrogen-bond donors (Lipinski definition) is 0. The summed E-state index contributed by atoms with van der Waals surface area (Å²) in [7, 11) is 0. The standard InChI is InChI=1S/C15H20N4OS/c1-10-12(21-14(17-10)15(2,3)4)13(20)18-8-11(9-18)19-7-5-6-16-19/h5-7,11H,8-9H2,1-4H3. The zero-order valence-electron chi connectivity index (χ0n) is 12.8. The van der Waals surface area contributed by atoms with Crippen molar-refractivity contribution < 1.29 is 4.79 Å². The maximum Gasteiger partial charge on any atom is 0.266 e. The van der Waals surface area contributed by atoms with E-state index >= 15 is 0 Å². The minimum Gasteiger partial charge on any atom is -0.333 e. The second-order valence-electron chi connectivity index (χ2n) is 6.53. The van der Waals surface area contributed by atoms with Crippen LogP contribution in [0, 0.1) is 6.92 Å². The summed E-state index contributed by atoms with van der Waals surface area (Å²) in [5.41, 5.74) is 0.831. The molecule has 0 bridgehead atoms.